The molecule has 0 N–H and O–H groups in total. The molecule has 0 aliphatic carbocycles. The van der Waals surface area contributed by atoms with Crippen LogP contribution in [0.5, 0.6) is 0 Å². The number of hydrogen-bond donors (Lipinski definition) is 1. The maximum atomic E-state index is 4.76. The van der Waals surface area contributed by atoms with Gasteiger partial charge in [-0.1, -0.05) is 0 Å². The molecular formula is H8BP7S2. The molecule has 0 aliphatic heterocycles. The molecule has 0 nitrogen and oxygen atoms in total. The molecule has 0 radical (unpaired) electrons. The van der Waals surface area contributed by atoms with Crippen molar-refractivity contribution in [2.24, 2.45) is 0 Å². The first-order valence-corrected chi connectivity index (χ1v) is 16.1. The average molecular weight is 300 g/mol. The van der Waals surface area contributed by atoms with Crippen LogP contribution in [0.3, 0.4) is 0 Å². The van der Waals surface area contributed by atoms with Gasteiger partial charge in [-0.2, -0.15) is 0 Å². The Morgan fingerprint density at radius 1 is 1.60 bits per heavy atom. The van der Waals surface area contributed by atoms with Gasteiger partial charge in [0.2, 0.25) is 0 Å². The molecule has 58 valence electrons. The van der Waals surface area contributed by atoms with Gasteiger partial charge >= 0.3 is 84.0 Å². The van der Waals surface area contributed by atoms with Gasteiger partial charge in [0.15, 0.2) is 0 Å². The van der Waals surface area contributed by atoms with Gasteiger partial charge in [0.05, 0.1) is 0 Å². The molecular weight excluding hydrogens is 292 g/mol. The summed E-state index contributed by atoms with van der Waals surface area (Å²) in [5.41, 5.74) is 1.82. The molecule has 5 atom stereocenters. The van der Waals surface area contributed by atoms with Gasteiger partial charge in [0, 0.05) is 0 Å². The van der Waals surface area contributed by atoms with E-state index in [0.717, 1.165) is 7.96 Å². The third kappa shape index (κ3) is 6.97. The summed E-state index contributed by atoms with van der Waals surface area (Å²) in [5.74, 6) is 0. The second-order valence-corrected chi connectivity index (χ2v) is 26.0. The topological polar surface area (TPSA) is 0 Å². The van der Waals surface area contributed by atoms with E-state index in [2.05, 4.69) is 26.8 Å². The first-order chi connectivity index (χ1) is 4.72. The first-order valence-electron chi connectivity index (χ1n) is 2.12. The molecule has 0 heterocycles. The molecule has 10 heteroatoms. The monoisotopic (exact) mass is 300 g/mol. The molecule has 10 heavy (non-hydrogen) atoms. The SMILES string of the molecule is PPP(/P=[SH]/B=S)P(P)P. The van der Waals surface area contributed by atoms with Gasteiger partial charge in [0.25, 0.3) is 0 Å². The number of rotatable bonds is 4. The van der Waals surface area contributed by atoms with E-state index in [9.17, 15) is 0 Å². The zero-order valence-corrected chi connectivity index (χ0v) is 13.9. The minimum atomic E-state index is 0.128. The minimum absolute atomic E-state index is 0.128. The molecule has 0 rings (SSSR count). The summed E-state index contributed by atoms with van der Waals surface area (Å²) in [7, 11) is 12.5. The summed E-state index contributed by atoms with van der Waals surface area (Å²) in [6, 6.07) is 0. The van der Waals surface area contributed by atoms with E-state index >= 15 is 0 Å². The third-order valence-electron chi connectivity index (χ3n) is 0.518. The Morgan fingerprint density at radius 2 is 2.20 bits per heavy atom. The van der Waals surface area contributed by atoms with Crippen LogP contribution in [0.1, 0.15) is 0 Å². The fraction of sp³-hybridized carbons (Fsp3) is 0. The van der Waals surface area contributed by atoms with Crippen LogP contribution in [-0.2, 0) is 10.8 Å². The van der Waals surface area contributed by atoms with Crippen molar-refractivity contribution in [3.63, 3.8) is 0 Å². The molecule has 0 aromatic rings. The van der Waals surface area contributed by atoms with E-state index in [0.29, 0.717) is 0 Å². The van der Waals surface area contributed by atoms with Crippen LogP contribution in [0.25, 0.3) is 0 Å². The van der Waals surface area contributed by atoms with Crippen molar-refractivity contribution in [2.75, 3.05) is 0 Å². The van der Waals surface area contributed by atoms with Crippen LogP contribution in [0.4, 0.5) is 0 Å². The Hall–Kier alpha value is 3.51. The summed E-state index contributed by atoms with van der Waals surface area (Å²) in [6.45, 7) is 0.349. The zero-order valence-electron chi connectivity index (χ0n) is 5.01. The van der Waals surface area contributed by atoms with Crippen molar-refractivity contribution in [1.29, 1.82) is 0 Å². The fourth-order valence-corrected chi connectivity index (χ4v) is 39.4. The molecule has 0 bridgehead atoms. The van der Waals surface area contributed by atoms with Crippen molar-refractivity contribution in [2.45, 2.75) is 0 Å². The predicted molar refractivity (Wildman–Crippen MR) is 80.3 cm³/mol. The summed E-state index contributed by atoms with van der Waals surface area (Å²) in [5, 5.41) is 0. The molecule has 0 fully saturated rings. The van der Waals surface area contributed by atoms with Crippen LogP contribution in [0, 0.1) is 0 Å². The molecule has 0 spiro atoms. The Bertz CT molecular complexity index is 121. The van der Waals surface area contributed by atoms with Gasteiger partial charge in [-0.3, -0.25) is 0 Å². The second kappa shape index (κ2) is 9.08. The standard InChI is InChI=1S/BH8P7S2/c2-5-8(7(3)4)6-10-1-9/h5,10H,2-4H2. The van der Waals surface area contributed by atoms with Crippen molar-refractivity contribution in [3.8, 4) is 0 Å². The summed E-state index contributed by atoms with van der Waals surface area (Å²) in [4.78, 5) is 0. The fourth-order valence-electron chi connectivity index (χ4n) is 0.209. The van der Waals surface area contributed by atoms with Crippen LogP contribution in [0.2, 0.25) is 0 Å². The van der Waals surface area contributed by atoms with Crippen LogP contribution >= 0.6 is 67.8 Å². The summed E-state index contributed by atoms with van der Waals surface area (Å²) >= 11 is 4.76. The van der Waals surface area contributed by atoms with Crippen molar-refractivity contribution < 1.29 is 0 Å². The summed E-state index contributed by atoms with van der Waals surface area (Å²) in [6.07, 6.45) is 0. The average Bonchev–Trinajstić information content (AvgIpc) is 1.89. The third-order valence-corrected chi connectivity index (χ3v) is 36.6. The van der Waals surface area contributed by atoms with Crippen molar-refractivity contribution in [1.82, 2.24) is 0 Å². The number of hydrogen-bond acceptors (Lipinski definition) is 1. The van der Waals surface area contributed by atoms with E-state index in [1.807, 2.05) is 5.43 Å². The van der Waals surface area contributed by atoms with Gasteiger partial charge in [0.1, 0.15) is 0 Å². The normalized spacial score (nSPS) is 16.0. The maximum absolute atomic E-state index is 4.76. The molecule has 0 aromatic heterocycles. The van der Waals surface area contributed by atoms with Gasteiger partial charge in [-0.25, -0.2) is 0 Å². The Labute approximate surface area is 83.7 Å². The van der Waals surface area contributed by atoms with Crippen LogP contribution < -0.4 is 0 Å². The molecule has 5 unspecified atom stereocenters. The van der Waals surface area contributed by atoms with E-state index in [1.54, 1.807) is 0 Å². The Kier molecular flexibility index (Phi) is 12.3. The molecule has 0 aliphatic rings. The molecule has 0 saturated carbocycles. The van der Waals surface area contributed by atoms with E-state index in [4.69, 9.17) is 12.1 Å². The van der Waals surface area contributed by atoms with E-state index < -0.39 is 0 Å². The van der Waals surface area contributed by atoms with E-state index in [-0.39, 0.29) is 14.0 Å². The Balaban J connectivity index is 3.82. The van der Waals surface area contributed by atoms with Gasteiger partial charge in [-0.15, -0.1) is 0 Å². The molecule has 0 saturated heterocycles. The van der Waals surface area contributed by atoms with Gasteiger partial charge in [-0.05, 0) is 0 Å². The summed E-state index contributed by atoms with van der Waals surface area (Å²) < 4.78 is 0. The molecule has 0 aromatic carbocycles. The van der Waals surface area contributed by atoms with Crippen molar-refractivity contribution >= 4 is 84.0 Å². The first kappa shape index (κ1) is 13.5. The van der Waals surface area contributed by atoms with Crippen molar-refractivity contribution in [3.05, 3.63) is 0 Å². The number of thiol groups is 1. The van der Waals surface area contributed by atoms with Crippen LogP contribution in [0.15, 0.2) is 0 Å². The van der Waals surface area contributed by atoms with E-state index in [1.165, 1.54) is 17.8 Å². The zero-order chi connectivity index (χ0) is 7.98. The van der Waals surface area contributed by atoms with Gasteiger partial charge < -0.3 is 0 Å². The quantitative estimate of drug-likeness (QED) is 0.462. The van der Waals surface area contributed by atoms with Crippen LogP contribution in [-0.4, -0.2) is 5.43 Å². The molecule has 0 amide bonds. The second-order valence-electron chi connectivity index (χ2n) is 1.11. The predicted octanol–water partition coefficient (Wildman–Crippen LogP) is 4.15. The Morgan fingerprint density at radius 3 is 2.50 bits per heavy atom.